The molecular weight excluding hydrogens is 398 g/mol. The van der Waals surface area contributed by atoms with E-state index in [2.05, 4.69) is 52.5 Å². The van der Waals surface area contributed by atoms with Gasteiger partial charge in [-0.05, 0) is 44.0 Å². The summed E-state index contributed by atoms with van der Waals surface area (Å²) in [5, 5.41) is 9.80. The van der Waals surface area contributed by atoms with E-state index < -0.39 is 0 Å². The van der Waals surface area contributed by atoms with Crippen LogP contribution in [-0.4, -0.2) is 27.1 Å². The fourth-order valence-electron chi connectivity index (χ4n) is 2.70. The van der Waals surface area contributed by atoms with Gasteiger partial charge in [0.05, 0.1) is 12.4 Å². The van der Waals surface area contributed by atoms with E-state index in [0.717, 1.165) is 54.2 Å². The number of allylic oxidation sites excluding steroid dienone is 1. The van der Waals surface area contributed by atoms with Crippen LogP contribution >= 0.6 is 23.5 Å². The van der Waals surface area contributed by atoms with Crippen LogP contribution in [0.3, 0.4) is 0 Å². The first-order valence-corrected chi connectivity index (χ1v) is 11.8. The zero-order valence-corrected chi connectivity index (χ0v) is 18.4. The highest BCUT2D eigenvalue weighted by molar-refractivity contribution is 7.99. The van der Waals surface area contributed by atoms with Crippen molar-refractivity contribution in [2.45, 2.75) is 42.1 Å². The lowest BCUT2D eigenvalue weighted by molar-refractivity contribution is 0.310. The number of hydrogen-bond acceptors (Lipinski definition) is 5. The van der Waals surface area contributed by atoms with E-state index in [1.807, 2.05) is 36.4 Å². The molecule has 2 aromatic carbocycles. The Bertz CT molecular complexity index is 879. The summed E-state index contributed by atoms with van der Waals surface area (Å²) in [4.78, 5) is 1.25. The molecule has 0 fully saturated rings. The third-order valence-corrected chi connectivity index (χ3v) is 6.34. The van der Waals surface area contributed by atoms with Crippen molar-refractivity contribution in [2.75, 3.05) is 12.4 Å². The molecule has 0 unspecified atom stereocenters. The number of aryl methyl sites for hydroxylation is 1. The summed E-state index contributed by atoms with van der Waals surface area (Å²) in [7, 11) is 0. The minimum absolute atomic E-state index is 0.732. The van der Waals surface area contributed by atoms with Crippen molar-refractivity contribution in [1.82, 2.24) is 14.8 Å². The second-order valence-electron chi connectivity index (χ2n) is 6.62. The highest BCUT2D eigenvalue weighted by atomic mass is 32.2. The first-order valence-electron chi connectivity index (χ1n) is 9.79. The van der Waals surface area contributed by atoms with Gasteiger partial charge in [-0.15, -0.1) is 28.5 Å². The minimum atomic E-state index is 0.732. The van der Waals surface area contributed by atoms with Gasteiger partial charge in [0.2, 0.25) is 0 Å². The van der Waals surface area contributed by atoms with Crippen LogP contribution in [0.2, 0.25) is 0 Å². The van der Waals surface area contributed by atoms with E-state index >= 15 is 0 Å². The number of nitrogens with zero attached hydrogens (tertiary/aromatic N) is 3. The quantitative estimate of drug-likeness (QED) is 0.202. The summed E-state index contributed by atoms with van der Waals surface area (Å²) in [5.74, 6) is 3.72. The van der Waals surface area contributed by atoms with E-state index in [1.54, 1.807) is 23.5 Å². The van der Waals surface area contributed by atoms with Gasteiger partial charge in [-0.1, -0.05) is 53.7 Å². The van der Waals surface area contributed by atoms with E-state index in [0.29, 0.717) is 0 Å². The Morgan fingerprint density at radius 2 is 1.79 bits per heavy atom. The van der Waals surface area contributed by atoms with Crippen molar-refractivity contribution >= 4 is 23.5 Å². The Kier molecular flexibility index (Phi) is 8.71. The molecule has 3 rings (SSSR count). The van der Waals surface area contributed by atoms with Crippen molar-refractivity contribution in [3.63, 3.8) is 0 Å². The normalized spacial score (nSPS) is 10.8. The lowest BCUT2D eigenvalue weighted by Crippen LogP contribution is -2.03. The highest BCUT2D eigenvalue weighted by Gasteiger charge is 2.12. The third-order valence-electron chi connectivity index (χ3n) is 4.28. The molecule has 0 amide bonds. The van der Waals surface area contributed by atoms with Crippen LogP contribution in [0.5, 0.6) is 5.75 Å². The number of aromatic nitrogens is 3. The molecule has 4 nitrogen and oxygen atoms in total. The fraction of sp³-hybridized carbons (Fsp3) is 0.304. The summed E-state index contributed by atoms with van der Waals surface area (Å²) in [5.41, 5.74) is 1.28. The summed E-state index contributed by atoms with van der Waals surface area (Å²) >= 11 is 3.54. The predicted molar refractivity (Wildman–Crippen MR) is 123 cm³/mol. The lowest BCUT2D eigenvalue weighted by Gasteiger charge is -2.08. The number of unbranched alkanes of at least 4 members (excludes halogenated alkanes) is 1. The molecule has 0 bridgehead atoms. The summed E-state index contributed by atoms with van der Waals surface area (Å²) < 4.78 is 7.91. The SMILES string of the molecule is C=CCn1c(CSc2ccc(C)cc2)nnc1SCCCCOc1ccccc1. The van der Waals surface area contributed by atoms with Gasteiger partial charge < -0.3 is 9.30 Å². The number of rotatable bonds is 12. The Morgan fingerprint density at radius 3 is 2.55 bits per heavy atom. The van der Waals surface area contributed by atoms with Crippen molar-refractivity contribution in [2.24, 2.45) is 0 Å². The van der Waals surface area contributed by atoms with E-state index in [4.69, 9.17) is 4.74 Å². The predicted octanol–water partition coefficient (Wildman–Crippen LogP) is 6.02. The second kappa shape index (κ2) is 11.7. The maximum Gasteiger partial charge on any atom is 0.191 e. The molecule has 0 N–H and O–H groups in total. The van der Waals surface area contributed by atoms with Crippen molar-refractivity contribution < 1.29 is 4.74 Å². The molecule has 0 saturated carbocycles. The van der Waals surface area contributed by atoms with Crippen molar-refractivity contribution in [3.05, 3.63) is 78.6 Å². The lowest BCUT2D eigenvalue weighted by atomic mass is 10.2. The van der Waals surface area contributed by atoms with Crippen LogP contribution in [0, 0.1) is 6.92 Å². The van der Waals surface area contributed by atoms with Gasteiger partial charge in [-0.3, -0.25) is 0 Å². The molecule has 29 heavy (non-hydrogen) atoms. The molecule has 3 aromatic rings. The molecule has 0 atom stereocenters. The van der Waals surface area contributed by atoms with Gasteiger partial charge in [-0.25, -0.2) is 0 Å². The van der Waals surface area contributed by atoms with Gasteiger partial charge in [-0.2, -0.15) is 0 Å². The zero-order chi connectivity index (χ0) is 20.3. The molecule has 0 aliphatic carbocycles. The van der Waals surface area contributed by atoms with Gasteiger partial charge in [0.1, 0.15) is 11.6 Å². The van der Waals surface area contributed by atoms with Crippen LogP contribution in [0.4, 0.5) is 0 Å². The van der Waals surface area contributed by atoms with E-state index in [-0.39, 0.29) is 0 Å². The van der Waals surface area contributed by atoms with Crippen molar-refractivity contribution in [1.29, 1.82) is 0 Å². The second-order valence-corrected chi connectivity index (χ2v) is 8.73. The average Bonchev–Trinajstić information content (AvgIpc) is 3.13. The van der Waals surface area contributed by atoms with Gasteiger partial charge >= 0.3 is 0 Å². The molecule has 152 valence electrons. The van der Waals surface area contributed by atoms with Gasteiger partial charge in [0, 0.05) is 17.2 Å². The first kappa shape index (κ1) is 21.5. The number of para-hydroxylation sites is 1. The Labute approximate surface area is 181 Å². The number of benzene rings is 2. The zero-order valence-electron chi connectivity index (χ0n) is 16.8. The Hall–Kier alpha value is -2.18. The number of thioether (sulfide) groups is 2. The molecule has 0 radical (unpaired) electrons. The van der Waals surface area contributed by atoms with Gasteiger partial charge in [0.25, 0.3) is 0 Å². The summed E-state index contributed by atoms with van der Waals surface area (Å²) in [6.45, 7) is 7.46. The maximum absolute atomic E-state index is 5.75. The van der Waals surface area contributed by atoms with Crippen LogP contribution in [-0.2, 0) is 12.3 Å². The monoisotopic (exact) mass is 425 g/mol. The van der Waals surface area contributed by atoms with E-state index in [9.17, 15) is 0 Å². The number of ether oxygens (including phenoxy) is 1. The smallest absolute Gasteiger partial charge is 0.191 e. The molecule has 0 aliphatic heterocycles. The molecule has 1 aromatic heterocycles. The van der Waals surface area contributed by atoms with Crippen LogP contribution < -0.4 is 4.74 Å². The summed E-state index contributed by atoms with van der Waals surface area (Å²) in [6.07, 6.45) is 4.00. The molecule has 0 spiro atoms. The van der Waals surface area contributed by atoms with Crippen LogP contribution in [0.1, 0.15) is 24.2 Å². The van der Waals surface area contributed by atoms with Crippen molar-refractivity contribution in [3.8, 4) is 5.75 Å². The van der Waals surface area contributed by atoms with Gasteiger partial charge in [0.15, 0.2) is 5.16 Å². The average molecular weight is 426 g/mol. The largest absolute Gasteiger partial charge is 0.494 e. The fourth-order valence-corrected chi connectivity index (χ4v) is 4.50. The highest BCUT2D eigenvalue weighted by Crippen LogP contribution is 2.25. The topological polar surface area (TPSA) is 39.9 Å². The van der Waals surface area contributed by atoms with E-state index in [1.165, 1.54) is 10.5 Å². The molecule has 6 heteroatoms. The first-order chi connectivity index (χ1) is 14.3. The molecule has 0 saturated heterocycles. The molecule has 1 heterocycles. The Morgan fingerprint density at radius 1 is 1.00 bits per heavy atom. The molecular formula is C23H27N3OS2. The standard InChI is InChI=1S/C23H27N3OS2/c1-3-15-26-22(18-29-21-13-11-19(2)12-14-21)24-25-23(26)28-17-8-7-16-27-20-9-5-4-6-10-20/h3-6,9-14H,1,7-8,15-18H2,2H3. The minimum Gasteiger partial charge on any atom is -0.494 e. The van der Waals surface area contributed by atoms with Crippen LogP contribution in [0.15, 0.2) is 77.3 Å². The third kappa shape index (κ3) is 6.98. The number of hydrogen-bond donors (Lipinski definition) is 0. The summed E-state index contributed by atoms with van der Waals surface area (Å²) in [6, 6.07) is 18.5. The van der Waals surface area contributed by atoms with Crippen LogP contribution in [0.25, 0.3) is 0 Å². The molecule has 0 aliphatic rings. The maximum atomic E-state index is 5.75. The Balaban J connectivity index is 1.45.